The number of hydrogen-bond acceptors (Lipinski definition) is 1. The van der Waals surface area contributed by atoms with Gasteiger partial charge in [0.15, 0.2) is 0 Å². The number of thioether (sulfide) groups is 1. The molecule has 1 heteroatoms. The minimum atomic E-state index is 0.0867. The van der Waals surface area contributed by atoms with Crippen LogP contribution in [-0.4, -0.2) is 0 Å². The predicted octanol–water partition coefficient (Wildman–Crippen LogP) is 5.82. The highest BCUT2D eigenvalue weighted by Crippen LogP contribution is 2.34. The van der Waals surface area contributed by atoms with Crippen LogP contribution in [0, 0.1) is 12.3 Å². The maximum atomic E-state index is 5.58. The predicted molar refractivity (Wildman–Crippen MR) is 95.8 cm³/mol. The van der Waals surface area contributed by atoms with E-state index in [1.807, 2.05) is 36.4 Å². The molecular formula is C21H16S. The standard InChI is InChI=1S/C15H12S.C6H4/c1-2-15(13-9-5-3-6-10-13)16-14-11-7-4-8-12-14;1-2-6-4-3-5(1)6/h1,3-12,15H;1-4H. The van der Waals surface area contributed by atoms with Crippen molar-refractivity contribution >= 4 is 11.8 Å². The van der Waals surface area contributed by atoms with Gasteiger partial charge in [0, 0.05) is 4.90 Å². The number of terminal acetylenes is 1. The fourth-order valence-electron chi connectivity index (χ4n) is 2.12. The molecule has 2 aromatic rings. The van der Waals surface area contributed by atoms with Gasteiger partial charge in [-0.3, -0.25) is 0 Å². The third-order valence-electron chi connectivity index (χ3n) is 3.47. The largest absolute Gasteiger partial charge is 0.119 e. The van der Waals surface area contributed by atoms with Crippen LogP contribution in [0.5, 0.6) is 0 Å². The van der Waals surface area contributed by atoms with Crippen LogP contribution in [0.25, 0.3) is 11.1 Å². The lowest BCUT2D eigenvalue weighted by Crippen LogP contribution is -1.89. The van der Waals surface area contributed by atoms with Gasteiger partial charge < -0.3 is 0 Å². The van der Waals surface area contributed by atoms with Crippen molar-refractivity contribution in [1.29, 1.82) is 0 Å². The van der Waals surface area contributed by atoms with Crippen LogP contribution in [0.3, 0.4) is 0 Å². The Morgan fingerprint density at radius 2 is 1.18 bits per heavy atom. The lowest BCUT2D eigenvalue weighted by molar-refractivity contribution is 1.26. The normalized spacial score (nSPS) is 11.6. The van der Waals surface area contributed by atoms with E-state index in [-0.39, 0.29) is 5.25 Å². The van der Waals surface area contributed by atoms with Gasteiger partial charge in [0.1, 0.15) is 0 Å². The van der Waals surface area contributed by atoms with Gasteiger partial charge in [0.2, 0.25) is 0 Å². The Morgan fingerprint density at radius 3 is 1.59 bits per heavy atom. The van der Waals surface area contributed by atoms with Crippen molar-refractivity contribution in [3.8, 4) is 23.5 Å². The molecule has 0 spiro atoms. The molecule has 0 radical (unpaired) electrons. The number of benzene rings is 3. The Labute approximate surface area is 136 Å². The molecule has 0 nitrogen and oxygen atoms in total. The molecule has 106 valence electrons. The van der Waals surface area contributed by atoms with E-state index < -0.39 is 0 Å². The molecule has 1 unspecified atom stereocenters. The van der Waals surface area contributed by atoms with E-state index in [0.717, 1.165) is 0 Å². The van der Waals surface area contributed by atoms with Gasteiger partial charge in [-0.15, -0.1) is 18.2 Å². The van der Waals surface area contributed by atoms with E-state index in [1.165, 1.54) is 21.6 Å². The molecule has 0 fully saturated rings. The van der Waals surface area contributed by atoms with Gasteiger partial charge in [0.05, 0.1) is 5.25 Å². The van der Waals surface area contributed by atoms with Gasteiger partial charge in [-0.1, -0.05) is 78.7 Å². The summed E-state index contributed by atoms with van der Waals surface area (Å²) in [6, 6.07) is 28.9. The van der Waals surface area contributed by atoms with Crippen molar-refractivity contribution < 1.29 is 0 Å². The highest BCUT2D eigenvalue weighted by atomic mass is 32.2. The van der Waals surface area contributed by atoms with Crippen LogP contribution < -0.4 is 0 Å². The second-order valence-corrected chi connectivity index (χ2v) is 6.14. The zero-order chi connectivity index (χ0) is 15.2. The smallest absolute Gasteiger partial charge is 0.0950 e. The maximum Gasteiger partial charge on any atom is 0.0950 e. The summed E-state index contributed by atoms with van der Waals surface area (Å²) in [5, 5.41) is 0.0867. The molecule has 0 aliphatic heterocycles. The molecule has 0 saturated carbocycles. The molecule has 0 bridgehead atoms. The summed E-state index contributed by atoms with van der Waals surface area (Å²) in [5.74, 6) is 2.83. The van der Waals surface area contributed by atoms with Gasteiger partial charge in [-0.2, -0.15) is 0 Å². The first-order valence-electron chi connectivity index (χ1n) is 7.20. The van der Waals surface area contributed by atoms with E-state index in [1.54, 1.807) is 11.8 Å². The first-order chi connectivity index (χ1) is 10.9. The Balaban J connectivity index is 0.000000196. The van der Waals surface area contributed by atoms with E-state index in [2.05, 4.69) is 54.5 Å². The average molecular weight is 300 g/mol. The average Bonchev–Trinajstić information content (AvgIpc) is 2.58. The number of fused-ring (bicyclic) bond motifs is 1. The van der Waals surface area contributed by atoms with Crippen molar-refractivity contribution in [2.75, 3.05) is 0 Å². The summed E-state index contributed by atoms with van der Waals surface area (Å²) >= 11 is 1.71. The zero-order valence-corrected chi connectivity index (χ0v) is 13.0. The van der Waals surface area contributed by atoms with Crippen molar-refractivity contribution in [2.24, 2.45) is 0 Å². The van der Waals surface area contributed by atoms with Crippen LogP contribution in [-0.2, 0) is 0 Å². The third kappa shape index (κ3) is 3.42. The SMILES string of the molecule is C#CC(Sc1ccccc1)c1ccccc1.c1cc2ccc1-2. The summed E-state index contributed by atoms with van der Waals surface area (Å²) in [4.78, 5) is 1.20. The van der Waals surface area contributed by atoms with Gasteiger partial charge in [0.25, 0.3) is 0 Å². The molecule has 0 amide bonds. The van der Waals surface area contributed by atoms with Crippen molar-refractivity contribution in [3.63, 3.8) is 0 Å². The maximum absolute atomic E-state index is 5.58. The summed E-state index contributed by atoms with van der Waals surface area (Å²) in [6.45, 7) is 0. The van der Waals surface area contributed by atoms with E-state index in [0.29, 0.717) is 0 Å². The molecule has 0 aromatic heterocycles. The van der Waals surface area contributed by atoms with E-state index >= 15 is 0 Å². The van der Waals surface area contributed by atoms with Gasteiger partial charge >= 0.3 is 0 Å². The van der Waals surface area contributed by atoms with Crippen LogP contribution in [0.1, 0.15) is 10.8 Å². The Kier molecular flexibility index (Phi) is 4.63. The van der Waals surface area contributed by atoms with Gasteiger partial charge in [-0.25, -0.2) is 0 Å². The highest BCUT2D eigenvalue weighted by Gasteiger charge is 2.08. The molecule has 0 saturated heterocycles. The summed E-state index contributed by atoms with van der Waals surface area (Å²) in [5.41, 5.74) is 4.03. The van der Waals surface area contributed by atoms with E-state index in [4.69, 9.17) is 6.42 Å². The van der Waals surface area contributed by atoms with Crippen LogP contribution in [0.15, 0.2) is 89.8 Å². The van der Waals surface area contributed by atoms with Crippen molar-refractivity contribution in [2.45, 2.75) is 10.1 Å². The van der Waals surface area contributed by atoms with Crippen LogP contribution in [0.2, 0.25) is 0 Å². The van der Waals surface area contributed by atoms with E-state index in [9.17, 15) is 0 Å². The minimum Gasteiger partial charge on any atom is -0.119 e. The highest BCUT2D eigenvalue weighted by molar-refractivity contribution is 7.99. The molecule has 22 heavy (non-hydrogen) atoms. The molecule has 1 atom stereocenters. The molecule has 2 aromatic carbocycles. The second-order valence-electron chi connectivity index (χ2n) is 4.97. The van der Waals surface area contributed by atoms with Crippen molar-refractivity contribution in [3.05, 3.63) is 90.5 Å². The fraction of sp³-hybridized carbons (Fsp3) is 0.0476. The summed E-state index contributed by atoms with van der Waals surface area (Å²) < 4.78 is 0. The lowest BCUT2D eigenvalue weighted by atomic mass is 9.95. The first-order valence-corrected chi connectivity index (χ1v) is 8.08. The monoisotopic (exact) mass is 300 g/mol. The Morgan fingerprint density at radius 1 is 0.682 bits per heavy atom. The van der Waals surface area contributed by atoms with Crippen molar-refractivity contribution in [1.82, 2.24) is 0 Å². The summed E-state index contributed by atoms with van der Waals surface area (Å²) in [6.07, 6.45) is 5.58. The second kappa shape index (κ2) is 7.02. The molecule has 0 heterocycles. The molecule has 2 aliphatic carbocycles. The Bertz CT molecular complexity index is 732. The molecule has 2 aliphatic rings. The molecular weight excluding hydrogens is 284 g/mol. The molecule has 4 rings (SSSR count). The Hall–Kier alpha value is -2.43. The van der Waals surface area contributed by atoms with Gasteiger partial charge in [-0.05, 0) is 28.8 Å². The quantitative estimate of drug-likeness (QED) is 0.339. The minimum absolute atomic E-state index is 0.0867. The first kappa shape index (κ1) is 14.5. The topological polar surface area (TPSA) is 0 Å². The number of hydrogen-bond donors (Lipinski definition) is 0. The number of rotatable bonds is 3. The summed E-state index contributed by atoms with van der Waals surface area (Å²) in [7, 11) is 0. The zero-order valence-electron chi connectivity index (χ0n) is 12.1. The van der Waals surface area contributed by atoms with Crippen LogP contribution >= 0.6 is 11.8 Å². The lowest BCUT2D eigenvalue weighted by Gasteiger charge is -2.10. The fourth-order valence-corrected chi connectivity index (χ4v) is 3.07. The third-order valence-corrected chi connectivity index (χ3v) is 4.66. The molecule has 0 N–H and O–H groups in total. The van der Waals surface area contributed by atoms with Crippen LogP contribution in [0.4, 0.5) is 0 Å².